The summed E-state index contributed by atoms with van der Waals surface area (Å²) in [5.41, 5.74) is 1.25. The van der Waals surface area contributed by atoms with E-state index >= 15 is 0 Å². The van der Waals surface area contributed by atoms with E-state index in [4.69, 9.17) is 14.2 Å². The molecule has 2 unspecified atom stereocenters. The molecule has 1 fully saturated rings. The number of rotatable bonds is 4. The molecule has 2 atom stereocenters. The Morgan fingerprint density at radius 2 is 2.18 bits per heavy atom. The molecule has 0 aromatic heterocycles. The molecule has 92 valence electrons. The van der Waals surface area contributed by atoms with Gasteiger partial charge in [0.1, 0.15) is 0 Å². The Hall–Kier alpha value is -1.26. The van der Waals surface area contributed by atoms with Crippen LogP contribution in [0.2, 0.25) is 0 Å². The van der Waals surface area contributed by atoms with Crippen LogP contribution in [-0.2, 0) is 11.2 Å². The quantitative estimate of drug-likeness (QED) is 0.854. The summed E-state index contributed by atoms with van der Waals surface area (Å²) in [6.07, 6.45) is 2.46. The number of hydrogen-bond acceptors (Lipinski definition) is 4. The number of fused-ring (bicyclic) bond motifs is 1. The molecule has 0 amide bonds. The molecule has 1 aromatic carbocycles. The van der Waals surface area contributed by atoms with Gasteiger partial charge in [0.25, 0.3) is 0 Å². The molecule has 0 spiro atoms. The number of ether oxygens (including phenoxy) is 3. The van der Waals surface area contributed by atoms with Gasteiger partial charge in [0.05, 0.1) is 6.10 Å². The molecule has 0 bridgehead atoms. The summed E-state index contributed by atoms with van der Waals surface area (Å²) in [5.74, 6) is 1.70. The fourth-order valence-electron chi connectivity index (χ4n) is 2.31. The smallest absolute Gasteiger partial charge is 0.231 e. The summed E-state index contributed by atoms with van der Waals surface area (Å²) >= 11 is 0. The first kappa shape index (κ1) is 10.9. The summed E-state index contributed by atoms with van der Waals surface area (Å²) in [4.78, 5) is 0. The molecule has 2 heterocycles. The van der Waals surface area contributed by atoms with Gasteiger partial charge in [0.15, 0.2) is 11.5 Å². The minimum Gasteiger partial charge on any atom is -0.454 e. The highest BCUT2D eigenvalue weighted by Gasteiger charge is 2.27. The molecule has 1 N–H and O–H groups in total. The molecule has 2 aliphatic rings. The van der Waals surface area contributed by atoms with Crippen molar-refractivity contribution in [1.29, 1.82) is 0 Å². The molecular formula is C13H17NO3. The first-order chi connectivity index (χ1) is 8.36. The largest absolute Gasteiger partial charge is 0.454 e. The number of hydrogen-bond donors (Lipinski definition) is 1. The van der Waals surface area contributed by atoms with Gasteiger partial charge in [-0.05, 0) is 37.6 Å². The number of likely N-dealkylation sites (N-methyl/N-ethyl adjacent to an activating group) is 1. The Labute approximate surface area is 101 Å². The highest BCUT2D eigenvalue weighted by atomic mass is 16.7. The fraction of sp³-hybridized carbons (Fsp3) is 0.538. The number of benzene rings is 1. The molecular weight excluding hydrogens is 218 g/mol. The molecule has 4 heteroatoms. The Morgan fingerprint density at radius 1 is 1.35 bits per heavy atom. The Kier molecular flexibility index (Phi) is 2.91. The summed E-state index contributed by atoms with van der Waals surface area (Å²) in [6, 6.07) is 6.51. The molecule has 0 radical (unpaired) electrons. The van der Waals surface area contributed by atoms with Crippen LogP contribution in [0.15, 0.2) is 18.2 Å². The van der Waals surface area contributed by atoms with Gasteiger partial charge in [-0.1, -0.05) is 6.07 Å². The van der Waals surface area contributed by atoms with E-state index in [0.717, 1.165) is 30.9 Å². The first-order valence-electron chi connectivity index (χ1n) is 6.04. The van der Waals surface area contributed by atoms with Crippen molar-refractivity contribution >= 4 is 0 Å². The van der Waals surface area contributed by atoms with Crippen LogP contribution in [0.25, 0.3) is 0 Å². The lowest BCUT2D eigenvalue weighted by molar-refractivity contribution is -0.0699. The lowest BCUT2D eigenvalue weighted by Crippen LogP contribution is -2.46. The van der Waals surface area contributed by atoms with Crippen LogP contribution in [-0.4, -0.2) is 32.6 Å². The van der Waals surface area contributed by atoms with Gasteiger partial charge in [-0.25, -0.2) is 0 Å². The fourth-order valence-corrected chi connectivity index (χ4v) is 2.31. The molecule has 0 saturated carbocycles. The van der Waals surface area contributed by atoms with Crippen LogP contribution in [0.4, 0.5) is 0 Å². The second-order valence-corrected chi connectivity index (χ2v) is 4.48. The van der Waals surface area contributed by atoms with E-state index in [1.807, 2.05) is 13.1 Å². The maximum Gasteiger partial charge on any atom is 0.231 e. The molecule has 1 saturated heterocycles. The van der Waals surface area contributed by atoms with Crippen LogP contribution in [0, 0.1) is 0 Å². The van der Waals surface area contributed by atoms with Crippen LogP contribution >= 0.6 is 0 Å². The molecule has 3 rings (SSSR count). The normalized spacial score (nSPS) is 23.2. The summed E-state index contributed by atoms with van der Waals surface area (Å²) in [5, 5.41) is 3.32. The molecule has 4 nitrogen and oxygen atoms in total. The third-order valence-corrected chi connectivity index (χ3v) is 3.45. The van der Waals surface area contributed by atoms with Gasteiger partial charge >= 0.3 is 0 Å². The van der Waals surface area contributed by atoms with E-state index in [1.54, 1.807) is 0 Å². The van der Waals surface area contributed by atoms with Gasteiger partial charge in [0, 0.05) is 12.6 Å². The minimum atomic E-state index is 0.333. The third kappa shape index (κ3) is 2.10. The van der Waals surface area contributed by atoms with Crippen molar-refractivity contribution in [1.82, 2.24) is 5.32 Å². The van der Waals surface area contributed by atoms with Gasteiger partial charge < -0.3 is 19.5 Å². The maximum atomic E-state index is 5.53. The standard InChI is InChI=1S/C13H17NO3/c1-14-10(11-4-5-15-11)6-9-2-3-12-13(7-9)17-8-16-12/h2-3,7,10-11,14H,4-6,8H2,1H3. The van der Waals surface area contributed by atoms with Gasteiger partial charge in [-0.15, -0.1) is 0 Å². The topological polar surface area (TPSA) is 39.7 Å². The highest BCUT2D eigenvalue weighted by Crippen LogP contribution is 2.33. The highest BCUT2D eigenvalue weighted by molar-refractivity contribution is 5.44. The van der Waals surface area contributed by atoms with Crippen LogP contribution in [0.3, 0.4) is 0 Å². The van der Waals surface area contributed by atoms with Crippen molar-refractivity contribution in [2.45, 2.75) is 25.0 Å². The molecule has 1 aromatic rings. The second kappa shape index (κ2) is 4.55. The SMILES string of the molecule is CNC(Cc1ccc2c(c1)OCO2)C1CCO1. The molecule has 0 aliphatic carbocycles. The van der Waals surface area contributed by atoms with Crippen molar-refractivity contribution in [3.8, 4) is 11.5 Å². The van der Waals surface area contributed by atoms with E-state index < -0.39 is 0 Å². The predicted octanol–water partition coefficient (Wildman–Crippen LogP) is 1.33. The van der Waals surface area contributed by atoms with E-state index in [9.17, 15) is 0 Å². The van der Waals surface area contributed by atoms with Gasteiger partial charge in [0.2, 0.25) is 6.79 Å². The summed E-state index contributed by atoms with van der Waals surface area (Å²) in [7, 11) is 1.99. The van der Waals surface area contributed by atoms with Crippen molar-refractivity contribution in [2.75, 3.05) is 20.4 Å². The zero-order chi connectivity index (χ0) is 11.7. The van der Waals surface area contributed by atoms with Gasteiger partial charge in [-0.3, -0.25) is 0 Å². The maximum absolute atomic E-state index is 5.53. The van der Waals surface area contributed by atoms with Crippen molar-refractivity contribution < 1.29 is 14.2 Å². The van der Waals surface area contributed by atoms with E-state index in [0.29, 0.717) is 18.9 Å². The Balaban J connectivity index is 1.71. The third-order valence-electron chi connectivity index (χ3n) is 3.45. The first-order valence-corrected chi connectivity index (χ1v) is 6.04. The summed E-state index contributed by atoms with van der Waals surface area (Å²) in [6.45, 7) is 1.23. The molecule has 2 aliphatic heterocycles. The lowest BCUT2D eigenvalue weighted by Gasteiger charge is -2.34. The van der Waals surface area contributed by atoms with Crippen molar-refractivity contribution in [3.63, 3.8) is 0 Å². The molecule has 17 heavy (non-hydrogen) atoms. The van der Waals surface area contributed by atoms with E-state index in [2.05, 4.69) is 17.4 Å². The average molecular weight is 235 g/mol. The Morgan fingerprint density at radius 3 is 2.88 bits per heavy atom. The predicted molar refractivity (Wildman–Crippen MR) is 63.5 cm³/mol. The van der Waals surface area contributed by atoms with Gasteiger partial charge in [-0.2, -0.15) is 0 Å². The Bertz CT molecular complexity index is 404. The zero-order valence-corrected chi connectivity index (χ0v) is 9.94. The van der Waals surface area contributed by atoms with Crippen molar-refractivity contribution in [3.05, 3.63) is 23.8 Å². The lowest BCUT2D eigenvalue weighted by atomic mass is 9.97. The summed E-state index contributed by atoms with van der Waals surface area (Å²) < 4.78 is 16.2. The van der Waals surface area contributed by atoms with E-state index in [1.165, 1.54) is 5.56 Å². The van der Waals surface area contributed by atoms with Crippen LogP contribution in [0.1, 0.15) is 12.0 Å². The monoisotopic (exact) mass is 235 g/mol. The minimum absolute atomic E-state index is 0.333. The number of nitrogens with one attached hydrogen (secondary N) is 1. The van der Waals surface area contributed by atoms with Crippen molar-refractivity contribution in [2.24, 2.45) is 0 Å². The average Bonchev–Trinajstić information content (AvgIpc) is 2.72. The van der Waals surface area contributed by atoms with E-state index in [-0.39, 0.29) is 0 Å². The van der Waals surface area contributed by atoms with Crippen LogP contribution < -0.4 is 14.8 Å². The zero-order valence-electron chi connectivity index (χ0n) is 9.94. The second-order valence-electron chi connectivity index (χ2n) is 4.48. The van der Waals surface area contributed by atoms with Crippen LogP contribution in [0.5, 0.6) is 11.5 Å².